The van der Waals surface area contributed by atoms with Crippen molar-refractivity contribution in [2.45, 2.75) is 51.0 Å². The molecule has 0 saturated carbocycles. The van der Waals surface area contributed by atoms with Crippen LogP contribution in [0.1, 0.15) is 32.4 Å². The molecular formula is C29H30ClFN6O2. The zero-order valence-electron chi connectivity index (χ0n) is 22.0. The molecule has 6 rings (SSSR count). The van der Waals surface area contributed by atoms with Gasteiger partial charge in [-0.05, 0) is 76.1 Å². The van der Waals surface area contributed by atoms with Gasteiger partial charge in [0.2, 0.25) is 0 Å². The quantitative estimate of drug-likeness (QED) is 0.236. The molecule has 4 aromatic rings. The van der Waals surface area contributed by atoms with Crippen molar-refractivity contribution in [2.75, 3.05) is 23.3 Å². The number of hydrogen-bond acceptors (Lipinski definition) is 8. The summed E-state index contributed by atoms with van der Waals surface area (Å²) in [6.45, 7) is 7.13. The molecule has 202 valence electrons. The van der Waals surface area contributed by atoms with E-state index >= 15 is 0 Å². The molecule has 2 unspecified atom stereocenters. The summed E-state index contributed by atoms with van der Waals surface area (Å²) in [6.07, 6.45) is 2.84. The summed E-state index contributed by atoms with van der Waals surface area (Å²) < 4.78 is 20.2. The van der Waals surface area contributed by atoms with Gasteiger partial charge in [-0.3, -0.25) is 4.90 Å². The van der Waals surface area contributed by atoms with Gasteiger partial charge < -0.3 is 20.1 Å². The number of alkyl halides is 1. The molecule has 8 nitrogen and oxygen atoms in total. The number of fused-ring (bicyclic) bond motifs is 3. The number of halogens is 2. The lowest BCUT2D eigenvalue weighted by molar-refractivity contribution is 0.00267. The first-order chi connectivity index (χ1) is 18.7. The third-order valence-corrected chi connectivity index (χ3v) is 7.75. The number of ether oxygens (including phenoxy) is 1. The number of aliphatic hydroxyl groups is 1. The molecule has 39 heavy (non-hydrogen) atoms. The van der Waals surface area contributed by atoms with Gasteiger partial charge in [0.25, 0.3) is 0 Å². The van der Waals surface area contributed by atoms with Crippen molar-refractivity contribution >= 4 is 33.9 Å². The molecule has 4 heterocycles. The highest BCUT2D eigenvalue weighted by Crippen LogP contribution is 2.52. The first kappa shape index (κ1) is 25.7. The van der Waals surface area contributed by atoms with E-state index < -0.39 is 11.3 Å². The van der Waals surface area contributed by atoms with Crippen molar-refractivity contribution in [3.05, 3.63) is 66.2 Å². The Kier molecular flexibility index (Phi) is 6.53. The van der Waals surface area contributed by atoms with Crippen LogP contribution in [0.3, 0.4) is 0 Å². The van der Waals surface area contributed by atoms with Gasteiger partial charge in [-0.2, -0.15) is 0 Å². The minimum absolute atomic E-state index is 0.129. The Morgan fingerprint density at radius 3 is 2.56 bits per heavy atom. The zero-order chi connectivity index (χ0) is 27.3. The fourth-order valence-electron chi connectivity index (χ4n) is 5.60. The van der Waals surface area contributed by atoms with Crippen LogP contribution in [0.25, 0.3) is 22.2 Å². The standard InChI is InChI=1S/C29H30ClFN6O2/c1-17-10-13-32-28(33-17)39-22-7-4-19(5-8-22)25-26-27(23-9-6-20(31)16-24(23)34-25)37(29(3,30)35-26)21-11-14-36(15-12-21)18(2)38/h4-10,13,16,18,21,35,38H,11-12,14-15H2,1-3H3. The first-order valence-corrected chi connectivity index (χ1v) is 13.5. The van der Waals surface area contributed by atoms with Crippen LogP contribution in [-0.2, 0) is 0 Å². The van der Waals surface area contributed by atoms with E-state index in [1.807, 2.05) is 44.2 Å². The molecule has 0 spiro atoms. The fourth-order valence-corrected chi connectivity index (χ4v) is 5.92. The lowest BCUT2D eigenvalue weighted by Gasteiger charge is -2.43. The van der Waals surface area contributed by atoms with E-state index in [2.05, 4.69) is 25.1 Å². The normalized spacial score (nSPS) is 20.6. The van der Waals surface area contributed by atoms with Gasteiger partial charge in [0, 0.05) is 48.0 Å². The van der Waals surface area contributed by atoms with Crippen LogP contribution in [0, 0.1) is 12.7 Å². The Bertz CT molecular complexity index is 1520. The zero-order valence-corrected chi connectivity index (χ0v) is 22.8. The molecular weight excluding hydrogens is 519 g/mol. The number of pyridine rings is 1. The number of aromatic nitrogens is 3. The molecule has 2 atom stereocenters. The first-order valence-electron chi connectivity index (χ1n) is 13.1. The summed E-state index contributed by atoms with van der Waals surface area (Å²) in [7, 11) is 0. The smallest absolute Gasteiger partial charge is 0.322 e. The van der Waals surface area contributed by atoms with Crippen LogP contribution in [0.15, 0.2) is 54.7 Å². The highest BCUT2D eigenvalue weighted by Gasteiger charge is 2.45. The average molecular weight is 549 g/mol. The third-order valence-electron chi connectivity index (χ3n) is 7.47. The summed E-state index contributed by atoms with van der Waals surface area (Å²) in [5.74, 6) is 0.244. The molecule has 2 aliphatic heterocycles. The summed E-state index contributed by atoms with van der Waals surface area (Å²) >= 11 is 7.17. The molecule has 2 aromatic carbocycles. The number of likely N-dealkylation sites (tertiary alicyclic amines) is 1. The number of nitrogens with zero attached hydrogens (tertiary/aromatic N) is 5. The lowest BCUT2D eigenvalue weighted by Crippen LogP contribution is -2.54. The number of benzene rings is 2. The van der Waals surface area contributed by atoms with Crippen LogP contribution in [0.5, 0.6) is 11.8 Å². The Morgan fingerprint density at radius 1 is 1.13 bits per heavy atom. The van der Waals surface area contributed by atoms with Gasteiger partial charge in [0.1, 0.15) is 17.8 Å². The van der Waals surface area contributed by atoms with Gasteiger partial charge >= 0.3 is 6.01 Å². The van der Waals surface area contributed by atoms with Crippen LogP contribution in [0.2, 0.25) is 0 Å². The van der Waals surface area contributed by atoms with E-state index in [1.165, 1.54) is 12.1 Å². The van der Waals surface area contributed by atoms with E-state index in [0.29, 0.717) is 17.0 Å². The molecule has 2 aliphatic rings. The minimum Gasteiger partial charge on any atom is -0.424 e. The van der Waals surface area contributed by atoms with Gasteiger partial charge in [-0.15, -0.1) is 0 Å². The Balaban J connectivity index is 1.41. The molecule has 0 radical (unpaired) electrons. The molecule has 0 bridgehead atoms. The molecule has 2 N–H and O–H groups in total. The number of aryl methyl sites for hydroxylation is 1. The van der Waals surface area contributed by atoms with Crippen LogP contribution in [-0.4, -0.2) is 55.4 Å². The molecule has 10 heteroatoms. The lowest BCUT2D eigenvalue weighted by atomic mass is 10.00. The summed E-state index contributed by atoms with van der Waals surface area (Å²) in [5, 5.41) is 13.5. The maximum Gasteiger partial charge on any atom is 0.322 e. The molecule has 0 aliphatic carbocycles. The second-order valence-electron chi connectivity index (χ2n) is 10.3. The summed E-state index contributed by atoms with van der Waals surface area (Å²) in [5.41, 5.74) is 4.60. The van der Waals surface area contributed by atoms with Crippen molar-refractivity contribution in [3.63, 3.8) is 0 Å². The topological polar surface area (TPSA) is 86.6 Å². The summed E-state index contributed by atoms with van der Waals surface area (Å²) in [6, 6.07) is 14.4. The average Bonchev–Trinajstić information content (AvgIpc) is 3.19. The van der Waals surface area contributed by atoms with Crippen molar-refractivity contribution in [1.82, 2.24) is 19.9 Å². The third kappa shape index (κ3) is 4.86. The van der Waals surface area contributed by atoms with Gasteiger partial charge in [-0.1, -0.05) is 11.6 Å². The Hall–Kier alpha value is -3.53. The van der Waals surface area contributed by atoms with Crippen molar-refractivity contribution in [3.8, 4) is 23.0 Å². The van der Waals surface area contributed by atoms with Crippen LogP contribution < -0.4 is 15.0 Å². The van der Waals surface area contributed by atoms with Crippen LogP contribution in [0.4, 0.5) is 15.8 Å². The second-order valence-corrected chi connectivity index (χ2v) is 11.0. The van der Waals surface area contributed by atoms with Gasteiger partial charge in [-0.25, -0.2) is 19.3 Å². The molecule has 1 saturated heterocycles. The van der Waals surface area contributed by atoms with Crippen molar-refractivity contribution in [2.24, 2.45) is 0 Å². The number of nitrogens with one attached hydrogen (secondary N) is 1. The predicted octanol–water partition coefficient (Wildman–Crippen LogP) is 5.88. The van der Waals surface area contributed by atoms with Crippen molar-refractivity contribution in [1.29, 1.82) is 0 Å². The Morgan fingerprint density at radius 2 is 1.87 bits per heavy atom. The number of piperidine rings is 1. The predicted molar refractivity (Wildman–Crippen MR) is 151 cm³/mol. The summed E-state index contributed by atoms with van der Waals surface area (Å²) in [4.78, 5) is 17.6. The molecule has 0 amide bonds. The number of rotatable bonds is 5. The van der Waals surface area contributed by atoms with E-state index in [4.69, 9.17) is 21.3 Å². The molecule has 1 fully saturated rings. The Labute approximate surface area is 231 Å². The maximum atomic E-state index is 14.4. The van der Waals surface area contributed by atoms with E-state index in [0.717, 1.165) is 53.9 Å². The van der Waals surface area contributed by atoms with Crippen LogP contribution >= 0.6 is 11.6 Å². The fraction of sp³-hybridized carbons (Fsp3) is 0.345. The molecule has 2 aromatic heterocycles. The highest BCUT2D eigenvalue weighted by molar-refractivity contribution is 6.29. The highest BCUT2D eigenvalue weighted by atomic mass is 35.5. The van der Waals surface area contributed by atoms with Gasteiger partial charge in [0.15, 0.2) is 5.12 Å². The van der Waals surface area contributed by atoms with E-state index in [9.17, 15) is 9.50 Å². The maximum absolute atomic E-state index is 14.4. The number of aliphatic hydroxyl groups excluding tert-OH is 1. The number of hydrogen-bond donors (Lipinski definition) is 2. The van der Waals surface area contributed by atoms with E-state index in [1.54, 1.807) is 19.2 Å². The monoisotopic (exact) mass is 548 g/mol. The van der Waals surface area contributed by atoms with Gasteiger partial charge in [0.05, 0.1) is 22.6 Å². The van der Waals surface area contributed by atoms with Crippen molar-refractivity contribution < 1.29 is 14.2 Å². The largest absolute Gasteiger partial charge is 0.424 e. The van der Waals surface area contributed by atoms with E-state index in [-0.39, 0.29) is 17.9 Å². The number of anilines is 2. The SMILES string of the molecule is Cc1ccnc(Oc2ccc(-c3nc4cc(F)ccc4c4c3NC(C)(Cl)N4C3CCN(C(C)O)CC3)cc2)n1. The minimum atomic E-state index is -0.912. The second kappa shape index (κ2) is 9.89.